The molecule has 0 spiro atoms. The molecule has 4 nitrogen and oxygen atoms in total. The maximum atomic E-state index is 11.3. The lowest BCUT2D eigenvalue weighted by molar-refractivity contribution is 0.0601. The van der Waals surface area contributed by atoms with Crippen LogP contribution in [0.15, 0.2) is 30.5 Å². The van der Waals surface area contributed by atoms with E-state index in [0.29, 0.717) is 12.1 Å². The van der Waals surface area contributed by atoms with Crippen LogP contribution < -0.4 is 5.73 Å². The van der Waals surface area contributed by atoms with E-state index >= 15 is 0 Å². The third-order valence-electron chi connectivity index (χ3n) is 2.31. The van der Waals surface area contributed by atoms with Gasteiger partial charge < -0.3 is 10.5 Å². The van der Waals surface area contributed by atoms with Gasteiger partial charge in [-0.15, -0.1) is 11.3 Å². The third-order valence-corrected chi connectivity index (χ3v) is 3.38. The van der Waals surface area contributed by atoms with Crippen LogP contribution in [0.5, 0.6) is 0 Å². The van der Waals surface area contributed by atoms with Gasteiger partial charge in [0.25, 0.3) is 0 Å². The molecule has 0 amide bonds. The normalized spacial score (nSPS) is 10.2. The van der Waals surface area contributed by atoms with Crippen molar-refractivity contribution in [2.24, 2.45) is 5.73 Å². The lowest BCUT2D eigenvalue weighted by atomic mass is 10.1. The molecule has 0 aliphatic heterocycles. The number of ether oxygens (including phenoxy) is 1. The number of nitrogens with zero attached hydrogens (tertiary/aromatic N) is 1. The maximum Gasteiger partial charge on any atom is 0.337 e. The summed E-state index contributed by atoms with van der Waals surface area (Å²) < 4.78 is 4.63. The Morgan fingerprint density at radius 2 is 2.12 bits per heavy atom. The number of carbonyl (C=O) groups is 1. The average molecular weight is 248 g/mol. The van der Waals surface area contributed by atoms with Gasteiger partial charge in [-0.2, -0.15) is 0 Å². The van der Waals surface area contributed by atoms with E-state index in [9.17, 15) is 4.79 Å². The lowest BCUT2D eigenvalue weighted by Gasteiger charge is -2.00. The van der Waals surface area contributed by atoms with Crippen molar-refractivity contribution >= 4 is 17.3 Å². The minimum Gasteiger partial charge on any atom is -0.465 e. The summed E-state index contributed by atoms with van der Waals surface area (Å²) in [6.45, 7) is 0.498. The van der Waals surface area contributed by atoms with E-state index < -0.39 is 0 Å². The fourth-order valence-electron chi connectivity index (χ4n) is 1.40. The van der Waals surface area contributed by atoms with Crippen LogP contribution >= 0.6 is 11.3 Å². The second-order valence-corrected chi connectivity index (χ2v) is 4.52. The number of nitrogens with two attached hydrogens (primary N) is 1. The van der Waals surface area contributed by atoms with E-state index in [-0.39, 0.29) is 5.97 Å². The topological polar surface area (TPSA) is 65.2 Å². The molecule has 5 heteroatoms. The molecule has 2 aromatic rings. The molecule has 0 saturated heterocycles. The van der Waals surface area contributed by atoms with Crippen LogP contribution in [0.2, 0.25) is 0 Å². The first-order chi connectivity index (χ1) is 8.24. The molecule has 0 fully saturated rings. The van der Waals surface area contributed by atoms with E-state index in [1.54, 1.807) is 29.7 Å². The van der Waals surface area contributed by atoms with Crippen molar-refractivity contribution in [2.75, 3.05) is 7.11 Å². The van der Waals surface area contributed by atoms with Crippen LogP contribution in [0.1, 0.15) is 15.2 Å². The molecule has 1 heterocycles. The molecule has 88 valence electrons. The molecule has 2 rings (SSSR count). The highest BCUT2D eigenvalue weighted by molar-refractivity contribution is 7.15. The van der Waals surface area contributed by atoms with Crippen molar-refractivity contribution in [2.45, 2.75) is 6.54 Å². The maximum absolute atomic E-state index is 11.3. The highest BCUT2D eigenvalue weighted by atomic mass is 32.1. The van der Waals surface area contributed by atoms with Gasteiger partial charge in [0.1, 0.15) is 5.01 Å². The van der Waals surface area contributed by atoms with Gasteiger partial charge in [0.15, 0.2) is 0 Å². The molecule has 0 aliphatic rings. The lowest BCUT2D eigenvalue weighted by Crippen LogP contribution is -2.00. The number of aromatic nitrogens is 1. The van der Waals surface area contributed by atoms with Crippen molar-refractivity contribution in [1.82, 2.24) is 4.98 Å². The zero-order valence-electron chi connectivity index (χ0n) is 9.34. The smallest absolute Gasteiger partial charge is 0.337 e. The van der Waals surface area contributed by atoms with Gasteiger partial charge in [-0.05, 0) is 12.1 Å². The number of rotatable bonds is 3. The second kappa shape index (κ2) is 5.07. The van der Waals surface area contributed by atoms with Crippen molar-refractivity contribution in [3.8, 4) is 10.6 Å². The highest BCUT2D eigenvalue weighted by Gasteiger charge is 2.07. The first-order valence-corrected chi connectivity index (χ1v) is 5.89. The largest absolute Gasteiger partial charge is 0.465 e. The molecular formula is C12H12N2O2S. The van der Waals surface area contributed by atoms with Crippen molar-refractivity contribution in [1.29, 1.82) is 0 Å². The summed E-state index contributed by atoms with van der Waals surface area (Å²) in [5.41, 5.74) is 7.04. The Hall–Kier alpha value is -1.72. The monoisotopic (exact) mass is 248 g/mol. The van der Waals surface area contributed by atoms with E-state index in [1.807, 2.05) is 12.1 Å². The SMILES string of the molecule is COC(=O)c1ccc(-c2ncc(CN)s2)cc1. The number of esters is 1. The number of methoxy groups -OCH3 is 1. The summed E-state index contributed by atoms with van der Waals surface area (Å²) >= 11 is 1.55. The molecule has 0 unspecified atom stereocenters. The third kappa shape index (κ3) is 2.51. The van der Waals surface area contributed by atoms with Crippen LogP contribution in [0.3, 0.4) is 0 Å². The summed E-state index contributed by atoms with van der Waals surface area (Å²) in [7, 11) is 1.37. The molecule has 0 saturated carbocycles. The second-order valence-electron chi connectivity index (χ2n) is 3.40. The van der Waals surface area contributed by atoms with Crippen LogP contribution in [0.25, 0.3) is 10.6 Å². The van der Waals surface area contributed by atoms with E-state index in [4.69, 9.17) is 5.73 Å². The summed E-state index contributed by atoms with van der Waals surface area (Å²) in [6.07, 6.45) is 1.77. The van der Waals surface area contributed by atoms with Gasteiger partial charge >= 0.3 is 5.97 Å². The fourth-order valence-corrected chi connectivity index (χ4v) is 2.20. The summed E-state index contributed by atoms with van der Waals surface area (Å²) in [5, 5.41) is 0.905. The van der Waals surface area contributed by atoms with Gasteiger partial charge in [-0.3, -0.25) is 0 Å². The number of carbonyl (C=O) groups excluding carboxylic acids is 1. The van der Waals surface area contributed by atoms with Crippen molar-refractivity contribution in [3.63, 3.8) is 0 Å². The van der Waals surface area contributed by atoms with Gasteiger partial charge in [-0.1, -0.05) is 12.1 Å². The quantitative estimate of drug-likeness (QED) is 0.844. The summed E-state index contributed by atoms with van der Waals surface area (Å²) in [6, 6.07) is 7.16. The Kier molecular flexibility index (Phi) is 3.51. The van der Waals surface area contributed by atoms with Crippen LogP contribution in [0, 0.1) is 0 Å². The fraction of sp³-hybridized carbons (Fsp3) is 0.167. The number of hydrogen-bond acceptors (Lipinski definition) is 5. The van der Waals surface area contributed by atoms with Crippen molar-refractivity contribution < 1.29 is 9.53 Å². The van der Waals surface area contributed by atoms with E-state index in [2.05, 4.69) is 9.72 Å². The molecule has 0 aliphatic carbocycles. The molecule has 1 aromatic heterocycles. The first-order valence-electron chi connectivity index (χ1n) is 5.08. The molecular weight excluding hydrogens is 236 g/mol. The molecule has 0 atom stereocenters. The first kappa shape index (κ1) is 11.8. The minimum absolute atomic E-state index is 0.335. The van der Waals surface area contributed by atoms with Crippen LogP contribution in [0.4, 0.5) is 0 Å². The van der Waals surface area contributed by atoms with Gasteiger partial charge in [-0.25, -0.2) is 9.78 Å². The number of hydrogen-bond donors (Lipinski definition) is 1. The van der Waals surface area contributed by atoms with Crippen molar-refractivity contribution in [3.05, 3.63) is 40.9 Å². The average Bonchev–Trinajstić information content (AvgIpc) is 2.87. The Balaban J connectivity index is 2.25. The van der Waals surface area contributed by atoms with Crippen LogP contribution in [-0.2, 0) is 11.3 Å². The van der Waals surface area contributed by atoms with Gasteiger partial charge in [0.2, 0.25) is 0 Å². The van der Waals surface area contributed by atoms with Crippen LogP contribution in [-0.4, -0.2) is 18.1 Å². The molecule has 1 aromatic carbocycles. The zero-order valence-corrected chi connectivity index (χ0v) is 10.2. The van der Waals surface area contributed by atoms with Gasteiger partial charge in [0, 0.05) is 23.2 Å². The molecule has 17 heavy (non-hydrogen) atoms. The highest BCUT2D eigenvalue weighted by Crippen LogP contribution is 2.25. The Morgan fingerprint density at radius 1 is 1.41 bits per heavy atom. The minimum atomic E-state index is -0.335. The number of benzene rings is 1. The predicted octanol–water partition coefficient (Wildman–Crippen LogP) is 2.06. The predicted molar refractivity (Wildman–Crippen MR) is 66.8 cm³/mol. The molecule has 0 radical (unpaired) electrons. The van der Waals surface area contributed by atoms with E-state index in [0.717, 1.165) is 15.4 Å². The standard InChI is InChI=1S/C12H12N2O2S/c1-16-12(15)9-4-2-8(3-5-9)11-14-7-10(6-13)17-11/h2-5,7H,6,13H2,1H3. The molecule has 0 bridgehead atoms. The summed E-state index contributed by atoms with van der Waals surface area (Å²) in [5.74, 6) is -0.335. The Bertz CT molecular complexity index is 520. The number of thiazole rings is 1. The Labute approximate surface area is 103 Å². The molecule has 2 N–H and O–H groups in total. The Morgan fingerprint density at radius 3 is 2.65 bits per heavy atom. The van der Waals surface area contributed by atoms with E-state index in [1.165, 1.54) is 7.11 Å². The zero-order chi connectivity index (χ0) is 12.3. The summed E-state index contributed by atoms with van der Waals surface area (Å²) in [4.78, 5) is 16.6. The van der Waals surface area contributed by atoms with Gasteiger partial charge in [0.05, 0.1) is 12.7 Å².